The molecule has 0 atom stereocenters. The van der Waals surface area contributed by atoms with E-state index in [4.69, 9.17) is 16.7 Å². The molecule has 3 nitrogen and oxygen atoms in total. The normalized spacial score (nSPS) is 10.5. The van der Waals surface area contributed by atoms with Crippen molar-refractivity contribution in [2.75, 3.05) is 20.6 Å². The molecular weight excluding hydrogens is 298 g/mol. The van der Waals surface area contributed by atoms with Gasteiger partial charge in [0.2, 0.25) is 0 Å². The number of carboxylic acid groups (broad SMARTS) is 1. The maximum Gasteiger partial charge on any atom is 0.335 e. The molecule has 4 heteroatoms. The fourth-order valence-corrected chi connectivity index (χ4v) is 2.00. The lowest BCUT2D eigenvalue weighted by Crippen LogP contribution is -2.38. The van der Waals surface area contributed by atoms with Crippen LogP contribution in [-0.4, -0.2) is 36.2 Å². The zero-order valence-electron chi connectivity index (χ0n) is 13.3. The highest BCUT2D eigenvalue weighted by Crippen LogP contribution is 2.10. The molecule has 0 saturated carbocycles. The molecule has 0 bridgehead atoms. The monoisotopic (exact) mass is 320 g/mol. The Hall–Kier alpha value is -1.84. The van der Waals surface area contributed by atoms with E-state index in [1.165, 1.54) is 24.2 Å². The number of hydrogen-bond acceptors (Lipinski definition) is 1. The van der Waals surface area contributed by atoms with E-state index in [1.54, 1.807) is 12.1 Å². The van der Waals surface area contributed by atoms with E-state index in [9.17, 15) is 4.79 Å². The van der Waals surface area contributed by atoms with Gasteiger partial charge in [-0.05, 0) is 25.1 Å². The number of benzene rings is 2. The first-order valence-electron chi connectivity index (χ1n) is 7.19. The van der Waals surface area contributed by atoms with E-state index >= 15 is 0 Å². The Kier molecular flexibility index (Phi) is 7.09. The molecule has 0 aliphatic rings. The minimum absolute atomic E-state index is 0.215. The SMILES string of the molecule is CC[N+](C)(C)Cc1ccccc1.O=C(O)c1cccc(Cl)c1. The van der Waals surface area contributed by atoms with Crippen LogP contribution in [0.1, 0.15) is 22.8 Å². The van der Waals surface area contributed by atoms with Crippen molar-refractivity contribution in [1.29, 1.82) is 0 Å². The lowest BCUT2D eigenvalue weighted by Gasteiger charge is -2.28. The smallest absolute Gasteiger partial charge is 0.335 e. The average molecular weight is 321 g/mol. The number of nitrogens with zero attached hydrogens (tertiary/aromatic N) is 1. The first-order chi connectivity index (χ1) is 10.3. The molecule has 118 valence electrons. The second-order valence-electron chi connectivity index (χ2n) is 5.71. The second-order valence-corrected chi connectivity index (χ2v) is 6.15. The molecule has 0 saturated heterocycles. The van der Waals surface area contributed by atoms with Crippen LogP contribution in [0.25, 0.3) is 0 Å². The molecule has 0 spiro atoms. The van der Waals surface area contributed by atoms with Gasteiger partial charge in [-0.3, -0.25) is 0 Å². The summed E-state index contributed by atoms with van der Waals surface area (Å²) in [5, 5.41) is 8.89. The van der Waals surface area contributed by atoms with Gasteiger partial charge in [0.15, 0.2) is 0 Å². The van der Waals surface area contributed by atoms with Crippen LogP contribution >= 0.6 is 11.6 Å². The zero-order valence-corrected chi connectivity index (χ0v) is 14.0. The third kappa shape index (κ3) is 6.74. The summed E-state index contributed by atoms with van der Waals surface area (Å²) in [7, 11) is 4.51. The molecule has 0 fully saturated rings. The van der Waals surface area contributed by atoms with Crippen molar-refractivity contribution in [3.05, 3.63) is 70.7 Å². The van der Waals surface area contributed by atoms with E-state index in [2.05, 4.69) is 51.4 Å². The van der Waals surface area contributed by atoms with Gasteiger partial charge >= 0.3 is 5.97 Å². The number of hydrogen-bond donors (Lipinski definition) is 1. The summed E-state index contributed by atoms with van der Waals surface area (Å²) >= 11 is 5.53. The Morgan fingerprint density at radius 1 is 1.09 bits per heavy atom. The van der Waals surface area contributed by atoms with Gasteiger partial charge in [0.25, 0.3) is 0 Å². The number of carboxylic acids is 1. The van der Waals surface area contributed by atoms with Crippen LogP contribution in [0.5, 0.6) is 0 Å². The molecule has 0 aliphatic heterocycles. The fourth-order valence-electron chi connectivity index (χ4n) is 1.81. The number of halogens is 1. The predicted octanol–water partition coefficient (Wildman–Crippen LogP) is 4.32. The number of rotatable bonds is 4. The average Bonchev–Trinajstić information content (AvgIpc) is 2.48. The summed E-state index contributed by atoms with van der Waals surface area (Å²) in [5.74, 6) is -0.956. The Morgan fingerprint density at radius 3 is 2.18 bits per heavy atom. The number of quaternary nitrogens is 1. The Labute approximate surface area is 137 Å². The predicted molar refractivity (Wildman–Crippen MR) is 91.2 cm³/mol. The van der Waals surface area contributed by atoms with Crippen molar-refractivity contribution in [2.24, 2.45) is 0 Å². The van der Waals surface area contributed by atoms with Crippen LogP contribution in [0.4, 0.5) is 0 Å². The van der Waals surface area contributed by atoms with Gasteiger partial charge in [0.1, 0.15) is 6.54 Å². The first kappa shape index (κ1) is 18.2. The second kappa shape index (κ2) is 8.57. The molecule has 2 aromatic rings. The molecule has 0 aromatic heterocycles. The lowest BCUT2D eigenvalue weighted by molar-refractivity contribution is -0.901. The third-order valence-corrected chi connectivity index (χ3v) is 3.62. The van der Waals surface area contributed by atoms with E-state index in [-0.39, 0.29) is 5.56 Å². The fraction of sp³-hybridized carbons (Fsp3) is 0.278. The van der Waals surface area contributed by atoms with Gasteiger partial charge in [-0.25, -0.2) is 4.79 Å². The maximum absolute atomic E-state index is 10.3. The highest BCUT2D eigenvalue weighted by molar-refractivity contribution is 6.30. The maximum atomic E-state index is 10.3. The lowest BCUT2D eigenvalue weighted by atomic mass is 10.2. The molecule has 0 aliphatic carbocycles. The van der Waals surface area contributed by atoms with Gasteiger partial charge in [0, 0.05) is 10.6 Å². The molecule has 0 radical (unpaired) electrons. The molecule has 0 heterocycles. The van der Waals surface area contributed by atoms with Gasteiger partial charge in [-0.1, -0.05) is 48.0 Å². The van der Waals surface area contributed by atoms with Crippen molar-refractivity contribution in [3.8, 4) is 0 Å². The Morgan fingerprint density at radius 2 is 1.73 bits per heavy atom. The zero-order chi connectivity index (χ0) is 16.6. The largest absolute Gasteiger partial charge is 0.478 e. The summed E-state index contributed by atoms with van der Waals surface area (Å²) in [6.07, 6.45) is 0. The van der Waals surface area contributed by atoms with Crippen LogP contribution in [-0.2, 0) is 6.54 Å². The van der Waals surface area contributed by atoms with Crippen LogP contribution in [0, 0.1) is 0 Å². The minimum Gasteiger partial charge on any atom is -0.478 e. The molecule has 22 heavy (non-hydrogen) atoms. The van der Waals surface area contributed by atoms with Crippen molar-refractivity contribution in [2.45, 2.75) is 13.5 Å². The summed E-state index contributed by atoms with van der Waals surface area (Å²) in [6, 6.07) is 16.8. The Balaban J connectivity index is 0.000000224. The van der Waals surface area contributed by atoms with E-state index < -0.39 is 5.97 Å². The van der Waals surface area contributed by atoms with Crippen molar-refractivity contribution >= 4 is 17.6 Å². The standard InChI is InChI=1S/C11H18N.C7H5ClO2/c1-4-12(2,3)10-11-8-6-5-7-9-11;8-6-3-1-2-5(4-6)7(9)10/h5-9H,4,10H2,1-3H3;1-4H,(H,9,10)/q+1;. The van der Waals surface area contributed by atoms with Gasteiger partial charge < -0.3 is 9.59 Å². The number of carbonyl (C=O) groups is 1. The summed E-state index contributed by atoms with van der Waals surface area (Å²) in [6.45, 7) is 4.52. The highest BCUT2D eigenvalue weighted by Gasteiger charge is 2.11. The third-order valence-electron chi connectivity index (χ3n) is 3.38. The molecule has 0 amide bonds. The quantitative estimate of drug-likeness (QED) is 0.852. The van der Waals surface area contributed by atoms with Crippen LogP contribution in [0.2, 0.25) is 5.02 Å². The van der Waals surface area contributed by atoms with Crippen LogP contribution in [0.15, 0.2) is 54.6 Å². The molecule has 2 aromatic carbocycles. The van der Waals surface area contributed by atoms with Crippen molar-refractivity contribution in [1.82, 2.24) is 0 Å². The van der Waals surface area contributed by atoms with E-state index in [1.807, 2.05) is 0 Å². The number of aromatic carboxylic acids is 1. The summed E-state index contributed by atoms with van der Waals surface area (Å²) in [4.78, 5) is 10.3. The van der Waals surface area contributed by atoms with Crippen LogP contribution < -0.4 is 0 Å². The van der Waals surface area contributed by atoms with E-state index in [0.717, 1.165) is 11.0 Å². The highest BCUT2D eigenvalue weighted by atomic mass is 35.5. The Bertz CT molecular complexity index is 597. The summed E-state index contributed by atoms with van der Waals surface area (Å²) in [5.41, 5.74) is 1.64. The minimum atomic E-state index is -0.956. The summed E-state index contributed by atoms with van der Waals surface area (Å²) < 4.78 is 1.06. The van der Waals surface area contributed by atoms with E-state index in [0.29, 0.717) is 5.02 Å². The van der Waals surface area contributed by atoms with Crippen LogP contribution in [0.3, 0.4) is 0 Å². The van der Waals surface area contributed by atoms with Gasteiger partial charge in [-0.15, -0.1) is 0 Å². The van der Waals surface area contributed by atoms with Crippen molar-refractivity contribution in [3.63, 3.8) is 0 Å². The molecule has 2 rings (SSSR count). The molecule has 0 unspecified atom stereocenters. The topological polar surface area (TPSA) is 37.3 Å². The van der Waals surface area contributed by atoms with Gasteiger partial charge in [0.05, 0.1) is 26.2 Å². The first-order valence-corrected chi connectivity index (χ1v) is 7.56. The molecule has 1 N–H and O–H groups in total. The van der Waals surface area contributed by atoms with Crippen molar-refractivity contribution < 1.29 is 14.4 Å². The van der Waals surface area contributed by atoms with Gasteiger partial charge in [-0.2, -0.15) is 0 Å². The molecular formula is C18H23ClNO2+.